The number of ether oxygens (including phenoxy) is 1. The van der Waals surface area contributed by atoms with E-state index in [9.17, 15) is 8.42 Å². The quantitative estimate of drug-likeness (QED) is 0.382. The molecule has 0 radical (unpaired) electrons. The minimum absolute atomic E-state index is 0.130. The molecule has 178 valence electrons. The van der Waals surface area contributed by atoms with Crippen LogP contribution in [0.5, 0.6) is 0 Å². The summed E-state index contributed by atoms with van der Waals surface area (Å²) in [6.45, 7) is 1.84. The van der Waals surface area contributed by atoms with Crippen molar-refractivity contribution in [2.75, 3.05) is 35.6 Å². The molecule has 4 heterocycles. The van der Waals surface area contributed by atoms with Gasteiger partial charge in [0.15, 0.2) is 5.58 Å². The minimum Gasteiger partial charge on any atom is -0.453 e. The summed E-state index contributed by atoms with van der Waals surface area (Å²) in [5, 5.41) is 8.20. The number of nitrogens with zero attached hydrogens (tertiary/aromatic N) is 4. The number of morpholine rings is 1. The van der Waals surface area contributed by atoms with Gasteiger partial charge in [-0.1, -0.05) is 24.3 Å². The molecule has 1 saturated heterocycles. The van der Waals surface area contributed by atoms with Crippen molar-refractivity contribution in [2.24, 2.45) is 0 Å². The summed E-state index contributed by atoms with van der Waals surface area (Å²) in [6.07, 6.45) is 4.47. The highest BCUT2D eigenvalue weighted by molar-refractivity contribution is 7.92. The second-order valence-electron chi connectivity index (χ2n) is 8.47. The fourth-order valence-electron chi connectivity index (χ4n) is 4.36. The molecule has 0 amide bonds. The molecule has 5 aromatic rings. The lowest BCUT2D eigenvalue weighted by Gasteiger charge is -2.33. The van der Waals surface area contributed by atoms with Crippen molar-refractivity contribution in [3.8, 4) is 11.3 Å². The van der Waals surface area contributed by atoms with E-state index >= 15 is 0 Å². The van der Waals surface area contributed by atoms with Gasteiger partial charge in [-0.3, -0.25) is 9.82 Å². The molecule has 1 unspecified atom stereocenters. The largest absolute Gasteiger partial charge is 0.453 e. The summed E-state index contributed by atoms with van der Waals surface area (Å²) in [7, 11) is -3.38. The van der Waals surface area contributed by atoms with Crippen LogP contribution >= 0.6 is 0 Å². The maximum Gasteiger partial charge on any atom is 0.229 e. The number of aromatic nitrogens is 4. The van der Waals surface area contributed by atoms with Gasteiger partial charge in [0.25, 0.3) is 0 Å². The highest BCUT2D eigenvalue weighted by atomic mass is 32.2. The topological polar surface area (TPSA) is 126 Å². The zero-order chi connectivity index (χ0) is 24.0. The predicted molar refractivity (Wildman–Crippen MR) is 133 cm³/mol. The molecular weight excluding hydrogens is 468 g/mol. The molecular formula is C24H22N6O4S. The van der Waals surface area contributed by atoms with E-state index in [-0.39, 0.29) is 6.10 Å². The standard InChI is InChI=1S/C24H22N6O4S/c1-35(31,32)29-16-5-2-4-15(10-16)21-11-20-22(34-21)13-25-24(27-20)30-8-9-33-23(14-30)17-6-3-7-19-18(17)12-26-28-19/h2-7,10-13,23,29H,8-9,14H2,1H3,(H,26,28). The van der Waals surface area contributed by atoms with Crippen LogP contribution in [0, 0.1) is 0 Å². The number of nitrogens with one attached hydrogen (secondary N) is 2. The zero-order valence-electron chi connectivity index (χ0n) is 18.8. The van der Waals surface area contributed by atoms with Crippen LogP contribution in [0.15, 0.2) is 65.3 Å². The number of hydrogen-bond donors (Lipinski definition) is 2. The Labute approximate surface area is 201 Å². The number of fused-ring (bicyclic) bond motifs is 2. The first-order valence-corrected chi connectivity index (χ1v) is 13.0. The van der Waals surface area contributed by atoms with E-state index in [0.717, 1.165) is 28.3 Å². The smallest absolute Gasteiger partial charge is 0.229 e. The van der Waals surface area contributed by atoms with E-state index in [1.54, 1.807) is 24.4 Å². The highest BCUT2D eigenvalue weighted by Gasteiger charge is 2.26. The first-order chi connectivity index (χ1) is 16.9. The monoisotopic (exact) mass is 490 g/mol. The average Bonchev–Trinajstić information content (AvgIpc) is 3.50. The normalized spacial score (nSPS) is 16.7. The molecule has 0 spiro atoms. The number of sulfonamides is 1. The van der Waals surface area contributed by atoms with Crippen molar-refractivity contribution in [1.82, 2.24) is 20.2 Å². The van der Waals surface area contributed by atoms with Crippen molar-refractivity contribution < 1.29 is 17.6 Å². The molecule has 3 aromatic heterocycles. The molecule has 1 aliphatic heterocycles. The molecule has 0 saturated carbocycles. The Kier molecular flexibility index (Phi) is 5.15. The fraction of sp³-hybridized carbons (Fsp3) is 0.208. The number of hydrogen-bond acceptors (Lipinski definition) is 8. The molecule has 2 N–H and O–H groups in total. The number of anilines is 2. The van der Waals surface area contributed by atoms with Gasteiger partial charge in [0.05, 0.1) is 37.3 Å². The second kappa shape index (κ2) is 8.36. The van der Waals surface area contributed by atoms with Crippen LogP contribution in [0.25, 0.3) is 33.3 Å². The van der Waals surface area contributed by atoms with Crippen LogP contribution in [0.2, 0.25) is 0 Å². The molecule has 11 heteroatoms. The summed E-state index contributed by atoms with van der Waals surface area (Å²) in [5.74, 6) is 1.18. The van der Waals surface area contributed by atoms with Gasteiger partial charge in [-0.15, -0.1) is 0 Å². The lowest BCUT2D eigenvalue weighted by Crippen LogP contribution is -2.39. The van der Waals surface area contributed by atoms with Crippen LogP contribution in [-0.2, 0) is 14.8 Å². The van der Waals surface area contributed by atoms with Crippen LogP contribution in [0.1, 0.15) is 11.7 Å². The van der Waals surface area contributed by atoms with Gasteiger partial charge in [-0.05, 0) is 23.8 Å². The van der Waals surface area contributed by atoms with Gasteiger partial charge in [0, 0.05) is 29.2 Å². The third kappa shape index (κ3) is 4.31. The lowest BCUT2D eigenvalue weighted by atomic mass is 10.0. The van der Waals surface area contributed by atoms with Crippen LogP contribution < -0.4 is 9.62 Å². The summed E-state index contributed by atoms with van der Waals surface area (Å²) in [6, 6.07) is 14.9. The Morgan fingerprint density at radius 3 is 2.91 bits per heavy atom. The molecule has 1 fully saturated rings. The summed E-state index contributed by atoms with van der Waals surface area (Å²) < 4.78 is 37.7. The van der Waals surface area contributed by atoms with Crippen molar-refractivity contribution in [1.29, 1.82) is 0 Å². The van der Waals surface area contributed by atoms with Crippen molar-refractivity contribution >= 4 is 43.7 Å². The van der Waals surface area contributed by atoms with E-state index in [1.807, 2.05) is 30.5 Å². The first-order valence-electron chi connectivity index (χ1n) is 11.1. The average molecular weight is 491 g/mol. The van der Waals surface area contributed by atoms with Crippen LogP contribution in [0.3, 0.4) is 0 Å². The maximum absolute atomic E-state index is 11.6. The Morgan fingerprint density at radius 2 is 2.03 bits per heavy atom. The first kappa shape index (κ1) is 21.6. The van der Waals surface area contributed by atoms with E-state index in [1.165, 1.54) is 0 Å². The number of H-pyrrole nitrogens is 1. The molecule has 1 aliphatic rings. The van der Waals surface area contributed by atoms with Crippen molar-refractivity contribution in [3.05, 3.63) is 66.5 Å². The molecule has 10 nitrogen and oxygen atoms in total. The van der Waals surface area contributed by atoms with Gasteiger partial charge in [-0.2, -0.15) is 5.10 Å². The fourth-order valence-corrected chi connectivity index (χ4v) is 4.92. The maximum atomic E-state index is 11.6. The Hall–Kier alpha value is -3.96. The lowest BCUT2D eigenvalue weighted by molar-refractivity contribution is 0.0402. The third-order valence-corrected chi connectivity index (χ3v) is 6.53. The number of aromatic amines is 1. The van der Waals surface area contributed by atoms with Crippen LogP contribution in [0.4, 0.5) is 11.6 Å². The third-order valence-electron chi connectivity index (χ3n) is 5.92. The Bertz CT molecular complexity index is 1640. The van der Waals surface area contributed by atoms with Gasteiger partial charge < -0.3 is 14.1 Å². The number of benzene rings is 2. The van der Waals surface area contributed by atoms with Crippen molar-refractivity contribution in [2.45, 2.75) is 6.10 Å². The van der Waals surface area contributed by atoms with Gasteiger partial charge >= 0.3 is 0 Å². The van der Waals surface area contributed by atoms with Gasteiger partial charge in [0.1, 0.15) is 17.4 Å². The SMILES string of the molecule is CS(=O)(=O)Nc1cccc(-c2cc3nc(N4CCOC(c5cccc6[nH]ncc56)C4)ncc3o2)c1. The number of rotatable bonds is 5. The van der Waals surface area contributed by atoms with E-state index < -0.39 is 10.0 Å². The summed E-state index contributed by atoms with van der Waals surface area (Å²) in [5.41, 5.74) is 4.48. The molecule has 0 aliphatic carbocycles. The van der Waals surface area contributed by atoms with Crippen molar-refractivity contribution in [3.63, 3.8) is 0 Å². The van der Waals surface area contributed by atoms with Crippen LogP contribution in [-0.4, -0.2) is 54.5 Å². The molecule has 35 heavy (non-hydrogen) atoms. The summed E-state index contributed by atoms with van der Waals surface area (Å²) in [4.78, 5) is 11.4. The molecule has 2 aromatic carbocycles. The number of furan rings is 1. The van der Waals surface area contributed by atoms with Gasteiger partial charge in [-0.25, -0.2) is 18.4 Å². The molecule has 6 rings (SSSR count). The summed E-state index contributed by atoms with van der Waals surface area (Å²) >= 11 is 0. The Morgan fingerprint density at radius 1 is 1.14 bits per heavy atom. The van der Waals surface area contributed by atoms with E-state index in [2.05, 4.69) is 30.9 Å². The van der Waals surface area contributed by atoms with E-state index in [4.69, 9.17) is 14.1 Å². The molecule has 1 atom stereocenters. The van der Waals surface area contributed by atoms with E-state index in [0.29, 0.717) is 48.2 Å². The zero-order valence-corrected chi connectivity index (χ0v) is 19.6. The molecule has 0 bridgehead atoms. The second-order valence-corrected chi connectivity index (χ2v) is 10.2. The van der Waals surface area contributed by atoms with Gasteiger partial charge in [0.2, 0.25) is 16.0 Å². The highest BCUT2D eigenvalue weighted by Crippen LogP contribution is 2.32. The minimum atomic E-state index is -3.38. The Balaban J connectivity index is 1.28. The predicted octanol–water partition coefficient (Wildman–Crippen LogP) is 3.72.